The summed E-state index contributed by atoms with van der Waals surface area (Å²) in [6.07, 6.45) is 2.26. The molecule has 0 atom stereocenters. The summed E-state index contributed by atoms with van der Waals surface area (Å²) in [6.45, 7) is 10.3. The van der Waals surface area contributed by atoms with Crippen LogP contribution < -0.4 is 19.7 Å². The Balaban J connectivity index is 1.00. The molecule has 0 saturated carbocycles. The lowest BCUT2D eigenvalue weighted by molar-refractivity contribution is 0.174. The van der Waals surface area contributed by atoms with Gasteiger partial charge in [0.25, 0.3) is 0 Å². The van der Waals surface area contributed by atoms with Crippen molar-refractivity contribution in [1.82, 2.24) is 19.8 Å². The topological polar surface area (TPSA) is 66.0 Å². The highest BCUT2D eigenvalue weighted by atomic mass is 16.7. The van der Waals surface area contributed by atoms with Crippen molar-refractivity contribution in [3.63, 3.8) is 0 Å². The molecule has 0 unspecified atom stereocenters. The molecule has 3 aliphatic heterocycles. The van der Waals surface area contributed by atoms with Crippen molar-refractivity contribution >= 4 is 11.8 Å². The van der Waals surface area contributed by atoms with Gasteiger partial charge in [0.05, 0.1) is 0 Å². The third-order valence-electron chi connectivity index (χ3n) is 7.53. The summed E-state index contributed by atoms with van der Waals surface area (Å²) < 4.78 is 11.0. The maximum absolute atomic E-state index is 5.54. The summed E-state index contributed by atoms with van der Waals surface area (Å²) in [4.78, 5) is 17.0. The Kier molecular flexibility index (Phi) is 7.10. The van der Waals surface area contributed by atoms with Crippen molar-refractivity contribution < 1.29 is 9.47 Å². The summed E-state index contributed by atoms with van der Waals surface area (Å²) in [7, 11) is 0. The maximum Gasteiger partial charge on any atom is 0.231 e. The second-order valence-electron chi connectivity index (χ2n) is 10.3. The van der Waals surface area contributed by atoms with Gasteiger partial charge in [-0.2, -0.15) is 4.98 Å². The van der Waals surface area contributed by atoms with Crippen molar-refractivity contribution in [2.45, 2.75) is 38.9 Å². The van der Waals surface area contributed by atoms with Crippen molar-refractivity contribution in [2.24, 2.45) is 0 Å². The fourth-order valence-electron chi connectivity index (χ4n) is 5.46. The number of aromatic nitrogens is 2. The van der Waals surface area contributed by atoms with E-state index >= 15 is 0 Å². The van der Waals surface area contributed by atoms with Gasteiger partial charge in [-0.05, 0) is 43.0 Å². The number of ether oxygens (including phenoxy) is 2. The molecule has 4 heterocycles. The Morgan fingerprint density at radius 3 is 2.32 bits per heavy atom. The van der Waals surface area contributed by atoms with Crippen molar-refractivity contribution in [3.8, 4) is 11.5 Å². The van der Waals surface area contributed by atoms with Crippen LogP contribution in [0.3, 0.4) is 0 Å². The number of aryl methyl sites for hydroxylation is 1. The molecule has 0 spiro atoms. The van der Waals surface area contributed by atoms with Crippen LogP contribution in [0.1, 0.15) is 29.7 Å². The molecule has 0 aliphatic carbocycles. The van der Waals surface area contributed by atoms with Crippen LogP contribution in [0.5, 0.6) is 11.5 Å². The Morgan fingerprint density at radius 1 is 0.784 bits per heavy atom. The van der Waals surface area contributed by atoms with Gasteiger partial charge in [-0.3, -0.25) is 9.80 Å². The minimum absolute atomic E-state index is 0.318. The molecule has 2 saturated heterocycles. The molecule has 194 valence electrons. The SMILES string of the molecule is Cc1cc(NC2CCN(Cc3ccccc3)CC2)nc(N2CCN(Cc3ccc4c(c3)OCO4)CC2)n1. The van der Waals surface area contributed by atoms with Crippen LogP contribution >= 0.6 is 0 Å². The van der Waals surface area contributed by atoms with E-state index in [9.17, 15) is 0 Å². The summed E-state index contributed by atoms with van der Waals surface area (Å²) in [5.74, 6) is 3.48. The molecule has 3 aliphatic rings. The number of nitrogens with zero attached hydrogens (tertiary/aromatic N) is 5. The predicted octanol–water partition coefficient (Wildman–Crippen LogP) is 3.91. The minimum atomic E-state index is 0.318. The molecule has 0 amide bonds. The van der Waals surface area contributed by atoms with Crippen LogP contribution in [0.15, 0.2) is 54.6 Å². The summed E-state index contributed by atoms with van der Waals surface area (Å²) >= 11 is 0. The number of fused-ring (bicyclic) bond motifs is 1. The van der Waals surface area contributed by atoms with E-state index in [1.807, 2.05) is 6.07 Å². The highest BCUT2D eigenvalue weighted by molar-refractivity contribution is 5.46. The average molecular weight is 501 g/mol. The Labute approximate surface area is 219 Å². The smallest absolute Gasteiger partial charge is 0.231 e. The number of piperidine rings is 1. The Hall–Kier alpha value is -3.36. The molecule has 6 rings (SSSR count). The summed E-state index contributed by atoms with van der Waals surface area (Å²) in [5.41, 5.74) is 3.66. The molecule has 0 radical (unpaired) electrons. The van der Waals surface area contributed by atoms with E-state index in [1.165, 1.54) is 11.1 Å². The van der Waals surface area contributed by atoms with Gasteiger partial charge in [-0.1, -0.05) is 36.4 Å². The highest BCUT2D eigenvalue weighted by Crippen LogP contribution is 2.33. The lowest BCUT2D eigenvalue weighted by atomic mass is 10.0. The molecule has 8 heteroatoms. The fourth-order valence-corrected chi connectivity index (χ4v) is 5.46. The monoisotopic (exact) mass is 500 g/mol. The first kappa shape index (κ1) is 24.0. The number of benzene rings is 2. The van der Waals surface area contributed by atoms with Crippen LogP contribution in [-0.2, 0) is 13.1 Å². The molecule has 8 nitrogen and oxygen atoms in total. The van der Waals surface area contributed by atoms with E-state index < -0.39 is 0 Å². The first-order valence-corrected chi connectivity index (χ1v) is 13.4. The third-order valence-corrected chi connectivity index (χ3v) is 7.53. The van der Waals surface area contributed by atoms with E-state index in [0.717, 1.165) is 94.2 Å². The van der Waals surface area contributed by atoms with Gasteiger partial charge >= 0.3 is 0 Å². The number of piperazine rings is 1. The van der Waals surface area contributed by atoms with Crippen LogP contribution in [-0.4, -0.2) is 71.9 Å². The Bertz CT molecular complexity index is 1190. The number of hydrogen-bond donors (Lipinski definition) is 1. The predicted molar refractivity (Wildman–Crippen MR) is 145 cm³/mol. The van der Waals surface area contributed by atoms with Gasteiger partial charge < -0.3 is 19.7 Å². The molecular weight excluding hydrogens is 464 g/mol. The summed E-state index contributed by atoms with van der Waals surface area (Å²) in [5, 5.41) is 3.71. The summed E-state index contributed by atoms with van der Waals surface area (Å²) in [6, 6.07) is 19.5. The largest absolute Gasteiger partial charge is 0.454 e. The standard InChI is InChI=1S/C29H36N6O2/c1-22-17-28(31-25-9-11-33(12-10-25)19-23-5-3-2-4-6-23)32-29(30-22)35-15-13-34(14-16-35)20-24-7-8-26-27(18-24)37-21-36-26/h2-8,17-18,25H,9-16,19-21H2,1H3,(H,30,31,32). The first-order chi connectivity index (χ1) is 18.2. The highest BCUT2D eigenvalue weighted by Gasteiger charge is 2.23. The van der Waals surface area contributed by atoms with E-state index in [2.05, 4.69) is 75.5 Å². The molecular formula is C29H36N6O2. The number of hydrogen-bond acceptors (Lipinski definition) is 8. The molecule has 3 aromatic rings. The van der Waals surface area contributed by atoms with Crippen molar-refractivity contribution in [1.29, 1.82) is 0 Å². The number of anilines is 2. The van der Waals surface area contributed by atoms with Crippen LogP contribution in [0, 0.1) is 6.92 Å². The van der Waals surface area contributed by atoms with Gasteiger partial charge in [0, 0.05) is 70.2 Å². The molecule has 0 bridgehead atoms. The molecule has 37 heavy (non-hydrogen) atoms. The van der Waals surface area contributed by atoms with E-state index in [0.29, 0.717) is 12.8 Å². The third kappa shape index (κ3) is 5.97. The first-order valence-electron chi connectivity index (χ1n) is 13.4. The minimum Gasteiger partial charge on any atom is -0.454 e. The molecule has 1 N–H and O–H groups in total. The molecule has 2 fully saturated rings. The van der Waals surface area contributed by atoms with Gasteiger partial charge in [0.1, 0.15) is 5.82 Å². The lowest BCUT2D eigenvalue weighted by Crippen LogP contribution is -2.46. The molecule has 1 aromatic heterocycles. The van der Waals surface area contributed by atoms with E-state index in [4.69, 9.17) is 19.4 Å². The Morgan fingerprint density at radius 2 is 1.51 bits per heavy atom. The normalized spacial score (nSPS) is 18.8. The van der Waals surface area contributed by atoms with Crippen molar-refractivity contribution in [2.75, 3.05) is 56.3 Å². The molecule has 2 aromatic carbocycles. The van der Waals surface area contributed by atoms with E-state index in [1.54, 1.807) is 0 Å². The average Bonchev–Trinajstić information content (AvgIpc) is 3.39. The quantitative estimate of drug-likeness (QED) is 0.524. The van der Waals surface area contributed by atoms with Crippen LogP contribution in [0.4, 0.5) is 11.8 Å². The van der Waals surface area contributed by atoms with Gasteiger partial charge in [-0.15, -0.1) is 0 Å². The number of rotatable bonds is 7. The fraction of sp³-hybridized carbons (Fsp3) is 0.448. The second kappa shape index (κ2) is 10.9. The zero-order chi connectivity index (χ0) is 25.0. The zero-order valence-corrected chi connectivity index (χ0v) is 21.6. The second-order valence-corrected chi connectivity index (χ2v) is 10.3. The number of nitrogens with one attached hydrogen (secondary N) is 1. The number of likely N-dealkylation sites (tertiary alicyclic amines) is 1. The van der Waals surface area contributed by atoms with Gasteiger partial charge in [-0.25, -0.2) is 4.98 Å². The lowest BCUT2D eigenvalue weighted by Gasteiger charge is -2.35. The van der Waals surface area contributed by atoms with Gasteiger partial charge in [0.2, 0.25) is 12.7 Å². The van der Waals surface area contributed by atoms with Gasteiger partial charge in [0.15, 0.2) is 11.5 Å². The van der Waals surface area contributed by atoms with Crippen LogP contribution in [0.25, 0.3) is 0 Å². The van der Waals surface area contributed by atoms with Crippen molar-refractivity contribution in [3.05, 3.63) is 71.4 Å². The van der Waals surface area contributed by atoms with Crippen LogP contribution in [0.2, 0.25) is 0 Å². The van der Waals surface area contributed by atoms with E-state index in [-0.39, 0.29) is 0 Å². The zero-order valence-electron chi connectivity index (χ0n) is 21.6. The maximum atomic E-state index is 5.54.